The van der Waals surface area contributed by atoms with Crippen LogP contribution in [0.3, 0.4) is 0 Å². The van der Waals surface area contributed by atoms with Gasteiger partial charge in [-0.15, -0.1) is 0 Å². The molecule has 104 valence electrons. The van der Waals surface area contributed by atoms with Gasteiger partial charge in [-0.3, -0.25) is 0 Å². The number of hydrogen-bond donors (Lipinski definition) is 0. The Bertz CT molecular complexity index is 463. The quantitative estimate of drug-likeness (QED) is 0.595. The Morgan fingerprint density at radius 3 is 2.37 bits per heavy atom. The highest BCUT2D eigenvalue weighted by atomic mass is 127. The minimum Gasteiger partial charge on any atom is -0.382 e. The van der Waals surface area contributed by atoms with Crippen LogP contribution in [0.5, 0.6) is 0 Å². The van der Waals surface area contributed by atoms with Gasteiger partial charge in [0, 0.05) is 3.57 Å². The maximum Gasteiger partial charge on any atom is 0.640 e. The van der Waals surface area contributed by atoms with E-state index in [1.54, 1.807) is 6.07 Å². The lowest BCUT2D eigenvalue weighted by atomic mass is 9.90. The summed E-state index contributed by atoms with van der Waals surface area (Å²) in [4.78, 5) is 0. The molecule has 6 heteroatoms. The molecular formula is C13H17BFIO3. The van der Waals surface area contributed by atoms with Gasteiger partial charge in [-0.2, -0.15) is 0 Å². The summed E-state index contributed by atoms with van der Waals surface area (Å²) >= 11 is 2.15. The molecule has 0 saturated carbocycles. The largest absolute Gasteiger partial charge is 0.640 e. The zero-order chi connectivity index (χ0) is 14.3. The summed E-state index contributed by atoms with van der Waals surface area (Å²) in [5.74, 6) is -0.270. The van der Waals surface area contributed by atoms with E-state index < -0.39 is 18.5 Å². The summed E-state index contributed by atoms with van der Waals surface area (Å²) in [6.07, 6.45) is 0. The molecule has 1 aromatic rings. The molecule has 0 N–H and O–H groups in total. The Balaban J connectivity index is 1.99. The van der Waals surface area contributed by atoms with Gasteiger partial charge >= 0.3 is 7.32 Å². The Kier molecular flexibility index (Phi) is 4.25. The minimum atomic E-state index is -0.718. The van der Waals surface area contributed by atoms with E-state index in [-0.39, 0.29) is 12.4 Å². The predicted molar refractivity (Wildman–Crippen MR) is 80.0 cm³/mol. The summed E-state index contributed by atoms with van der Waals surface area (Å²) in [6, 6.07) is 4.62. The van der Waals surface area contributed by atoms with E-state index in [0.717, 1.165) is 9.13 Å². The summed E-state index contributed by atoms with van der Waals surface area (Å²) in [6.45, 7) is 8.10. The molecule has 1 heterocycles. The molecule has 0 amide bonds. The summed E-state index contributed by atoms with van der Waals surface area (Å²) < 4.78 is 31.1. The molecule has 0 aliphatic carbocycles. The maximum atomic E-state index is 13.2. The number of halogens is 2. The highest BCUT2D eigenvalue weighted by Gasteiger charge is 2.52. The van der Waals surface area contributed by atoms with E-state index in [1.165, 1.54) is 12.1 Å². The van der Waals surface area contributed by atoms with Gasteiger partial charge in [-0.25, -0.2) is 4.39 Å². The van der Waals surface area contributed by atoms with Crippen LogP contribution in [-0.4, -0.2) is 18.5 Å². The van der Waals surface area contributed by atoms with Crippen LogP contribution in [0.1, 0.15) is 33.3 Å². The van der Waals surface area contributed by atoms with Gasteiger partial charge in [-0.05, 0) is 74.0 Å². The Hall–Kier alpha value is -0.175. The summed E-state index contributed by atoms with van der Waals surface area (Å²) in [5, 5.41) is 0. The topological polar surface area (TPSA) is 27.7 Å². The van der Waals surface area contributed by atoms with Crippen molar-refractivity contribution >= 4 is 29.9 Å². The van der Waals surface area contributed by atoms with Crippen molar-refractivity contribution in [2.75, 3.05) is 0 Å². The SMILES string of the molecule is CC1(C)OB(OCc2cc(F)ccc2I)OC1(C)C. The van der Waals surface area contributed by atoms with Gasteiger partial charge in [-0.1, -0.05) is 0 Å². The smallest absolute Gasteiger partial charge is 0.382 e. The molecule has 0 aromatic heterocycles. The maximum absolute atomic E-state index is 13.2. The fourth-order valence-electron chi connectivity index (χ4n) is 1.67. The van der Waals surface area contributed by atoms with Crippen LogP contribution in [0, 0.1) is 9.39 Å². The van der Waals surface area contributed by atoms with Gasteiger partial charge in [0.2, 0.25) is 0 Å². The lowest BCUT2D eigenvalue weighted by molar-refractivity contribution is 0.00578. The lowest BCUT2D eigenvalue weighted by Crippen LogP contribution is -2.41. The second kappa shape index (κ2) is 5.31. The highest BCUT2D eigenvalue weighted by Crippen LogP contribution is 2.37. The third-order valence-electron chi connectivity index (χ3n) is 3.61. The van der Waals surface area contributed by atoms with Gasteiger partial charge in [0.1, 0.15) is 5.82 Å². The predicted octanol–water partition coefficient (Wildman–Crippen LogP) is 3.54. The van der Waals surface area contributed by atoms with Gasteiger partial charge in [0.25, 0.3) is 0 Å². The van der Waals surface area contributed by atoms with Gasteiger partial charge in [0.15, 0.2) is 0 Å². The van der Waals surface area contributed by atoms with Crippen LogP contribution in [0.15, 0.2) is 18.2 Å². The van der Waals surface area contributed by atoms with Crippen molar-refractivity contribution in [2.24, 2.45) is 0 Å². The van der Waals surface area contributed by atoms with Crippen LogP contribution in [0.4, 0.5) is 4.39 Å². The molecule has 1 aromatic carbocycles. The summed E-state index contributed by atoms with van der Waals surface area (Å²) in [7, 11) is -0.718. The Labute approximate surface area is 127 Å². The molecule has 1 aliphatic rings. The van der Waals surface area contributed by atoms with Crippen molar-refractivity contribution < 1.29 is 18.4 Å². The zero-order valence-corrected chi connectivity index (χ0v) is 13.7. The van der Waals surface area contributed by atoms with Crippen LogP contribution >= 0.6 is 22.6 Å². The van der Waals surface area contributed by atoms with Crippen molar-refractivity contribution in [3.63, 3.8) is 0 Å². The fourth-order valence-corrected chi connectivity index (χ4v) is 2.16. The molecule has 19 heavy (non-hydrogen) atoms. The first-order valence-electron chi connectivity index (χ1n) is 6.12. The molecule has 0 bridgehead atoms. The van der Waals surface area contributed by atoms with Crippen LogP contribution in [-0.2, 0) is 20.6 Å². The normalized spacial score (nSPS) is 20.8. The van der Waals surface area contributed by atoms with Crippen LogP contribution in [0.2, 0.25) is 0 Å². The Morgan fingerprint density at radius 2 is 1.79 bits per heavy atom. The lowest BCUT2D eigenvalue weighted by Gasteiger charge is -2.31. The first-order chi connectivity index (χ1) is 8.71. The third-order valence-corrected chi connectivity index (χ3v) is 4.67. The standard InChI is InChI=1S/C13H17BFIO3/c1-12(2)13(3,4)19-14(18-12)17-8-9-7-10(15)5-6-11(9)16/h5-7H,8H2,1-4H3. The van der Waals surface area contributed by atoms with E-state index in [2.05, 4.69) is 22.6 Å². The fraction of sp³-hybridized carbons (Fsp3) is 0.538. The molecule has 0 radical (unpaired) electrons. The first-order valence-corrected chi connectivity index (χ1v) is 7.20. The van der Waals surface area contributed by atoms with Crippen molar-refractivity contribution in [2.45, 2.75) is 45.5 Å². The number of rotatable bonds is 3. The average Bonchev–Trinajstić information content (AvgIpc) is 2.49. The monoisotopic (exact) mass is 378 g/mol. The van der Waals surface area contributed by atoms with E-state index in [0.29, 0.717) is 0 Å². The number of hydrogen-bond acceptors (Lipinski definition) is 3. The molecule has 0 spiro atoms. The average molecular weight is 378 g/mol. The molecule has 2 rings (SSSR count). The minimum absolute atomic E-state index is 0.257. The first kappa shape index (κ1) is 15.2. The van der Waals surface area contributed by atoms with E-state index in [4.69, 9.17) is 14.0 Å². The van der Waals surface area contributed by atoms with Crippen molar-refractivity contribution in [1.29, 1.82) is 0 Å². The van der Waals surface area contributed by atoms with Crippen molar-refractivity contribution in [3.8, 4) is 0 Å². The third kappa shape index (κ3) is 3.29. The second-order valence-corrected chi connectivity index (χ2v) is 6.75. The molecule has 0 atom stereocenters. The van der Waals surface area contributed by atoms with E-state index >= 15 is 0 Å². The second-order valence-electron chi connectivity index (χ2n) is 5.59. The van der Waals surface area contributed by atoms with E-state index in [1.807, 2.05) is 27.7 Å². The van der Waals surface area contributed by atoms with Gasteiger partial charge in [0.05, 0.1) is 17.8 Å². The van der Waals surface area contributed by atoms with Crippen LogP contribution < -0.4 is 0 Å². The number of benzene rings is 1. The molecule has 3 nitrogen and oxygen atoms in total. The molecule has 1 saturated heterocycles. The van der Waals surface area contributed by atoms with Gasteiger partial charge < -0.3 is 14.0 Å². The van der Waals surface area contributed by atoms with Crippen molar-refractivity contribution in [3.05, 3.63) is 33.1 Å². The highest BCUT2D eigenvalue weighted by molar-refractivity contribution is 14.1. The summed E-state index contributed by atoms with van der Waals surface area (Å²) in [5.41, 5.74) is -0.0604. The van der Waals surface area contributed by atoms with Crippen molar-refractivity contribution in [1.82, 2.24) is 0 Å². The molecule has 0 unspecified atom stereocenters. The molecule has 1 aliphatic heterocycles. The molecular weight excluding hydrogens is 361 g/mol. The van der Waals surface area contributed by atoms with Crippen LogP contribution in [0.25, 0.3) is 0 Å². The zero-order valence-electron chi connectivity index (χ0n) is 11.5. The Morgan fingerprint density at radius 1 is 1.21 bits per heavy atom. The molecule has 1 fully saturated rings. The van der Waals surface area contributed by atoms with E-state index in [9.17, 15) is 4.39 Å².